The average molecular weight is 375 g/mol. The molecule has 1 atom stereocenters. The van der Waals surface area contributed by atoms with E-state index >= 15 is 0 Å². The zero-order valence-corrected chi connectivity index (χ0v) is 15.9. The number of carbonyl (C=O) groups is 1. The molecule has 1 aromatic heterocycles. The molecule has 2 heterocycles. The van der Waals surface area contributed by atoms with E-state index in [9.17, 15) is 9.90 Å². The van der Waals surface area contributed by atoms with Gasteiger partial charge in [-0.05, 0) is 55.7 Å². The van der Waals surface area contributed by atoms with E-state index in [-0.39, 0.29) is 11.7 Å². The van der Waals surface area contributed by atoms with Crippen molar-refractivity contribution in [1.82, 2.24) is 14.8 Å². The summed E-state index contributed by atoms with van der Waals surface area (Å²) in [5.41, 5.74) is 5.00. The van der Waals surface area contributed by atoms with Gasteiger partial charge in [-0.3, -0.25) is 4.79 Å². The third kappa shape index (κ3) is 3.00. The lowest BCUT2D eigenvalue weighted by Gasteiger charge is -2.29. The number of anilines is 2. The molecule has 0 spiro atoms. The van der Waals surface area contributed by atoms with Gasteiger partial charge in [0.15, 0.2) is 0 Å². The number of nitrogens with zero attached hydrogens (tertiary/aromatic N) is 3. The minimum absolute atomic E-state index is 0.165. The molecule has 0 radical (unpaired) electrons. The standard InChI is InChI=1S/C21H21N5O2/c1-12-5-4-6-17(13(12)2)25-20(28)18-14(3)24-21-22-11-23-26(21)19(18)15-7-9-16(27)10-8-15/h4-11,19,27H,1-3H3,(H,25,28)(H,22,23,24). The lowest BCUT2D eigenvalue weighted by atomic mass is 9.94. The molecule has 0 aliphatic carbocycles. The first kappa shape index (κ1) is 17.8. The Kier molecular flexibility index (Phi) is 4.35. The SMILES string of the molecule is CC1=C(C(=O)Nc2cccc(C)c2C)C(c2ccc(O)cc2)n2ncnc2N1. The predicted molar refractivity (Wildman–Crippen MR) is 107 cm³/mol. The molecule has 7 heteroatoms. The van der Waals surface area contributed by atoms with E-state index in [2.05, 4.69) is 20.7 Å². The number of benzene rings is 2. The molecule has 3 N–H and O–H groups in total. The largest absolute Gasteiger partial charge is 0.508 e. The fourth-order valence-corrected chi connectivity index (χ4v) is 3.43. The summed E-state index contributed by atoms with van der Waals surface area (Å²) >= 11 is 0. The number of hydrogen-bond acceptors (Lipinski definition) is 5. The van der Waals surface area contributed by atoms with E-state index in [1.807, 2.05) is 39.0 Å². The van der Waals surface area contributed by atoms with Crippen LogP contribution in [0, 0.1) is 13.8 Å². The van der Waals surface area contributed by atoms with Crippen LogP contribution in [0.3, 0.4) is 0 Å². The second kappa shape index (κ2) is 6.84. The summed E-state index contributed by atoms with van der Waals surface area (Å²) in [5, 5.41) is 20.1. The van der Waals surface area contributed by atoms with Gasteiger partial charge in [-0.2, -0.15) is 10.1 Å². The topological polar surface area (TPSA) is 92.1 Å². The number of nitrogens with one attached hydrogen (secondary N) is 2. The Hall–Kier alpha value is -3.61. The van der Waals surface area contributed by atoms with Crippen molar-refractivity contribution in [2.45, 2.75) is 26.8 Å². The Morgan fingerprint density at radius 3 is 2.64 bits per heavy atom. The number of phenols is 1. The molecule has 2 aromatic carbocycles. The maximum absolute atomic E-state index is 13.3. The van der Waals surface area contributed by atoms with Crippen LogP contribution < -0.4 is 10.6 Å². The molecule has 1 amide bonds. The minimum atomic E-state index is -0.454. The van der Waals surface area contributed by atoms with Crippen LogP contribution in [-0.4, -0.2) is 25.8 Å². The number of fused-ring (bicyclic) bond motifs is 1. The molecule has 0 fully saturated rings. The molecule has 0 saturated carbocycles. The van der Waals surface area contributed by atoms with Gasteiger partial charge >= 0.3 is 0 Å². The molecule has 0 saturated heterocycles. The number of allylic oxidation sites excluding steroid dienone is 1. The van der Waals surface area contributed by atoms with Gasteiger partial charge in [0.25, 0.3) is 5.91 Å². The van der Waals surface area contributed by atoms with E-state index in [1.54, 1.807) is 28.9 Å². The van der Waals surface area contributed by atoms with Gasteiger partial charge in [-0.15, -0.1) is 0 Å². The molecule has 3 aromatic rings. The first-order valence-electron chi connectivity index (χ1n) is 8.99. The number of carbonyl (C=O) groups excluding carboxylic acids is 1. The highest BCUT2D eigenvalue weighted by atomic mass is 16.3. The van der Waals surface area contributed by atoms with Crippen molar-refractivity contribution < 1.29 is 9.90 Å². The molecule has 7 nitrogen and oxygen atoms in total. The molecule has 0 bridgehead atoms. The summed E-state index contributed by atoms with van der Waals surface area (Å²) in [6.07, 6.45) is 1.45. The molecule has 1 unspecified atom stereocenters. The first-order chi connectivity index (χ1) is 13.5. The predicted octanol–water partition coefficient (Wildman–Crippen LogP) is 3.53. The van der Waals surface area contributed by atoms with Crippen molar-refractivity contribution in [3.63, 3.8) is 0 Å². The van der Waals surface area contributed by atoms with Gasteiger partial charge in [-0.25, -0.2) is 4.68 Å². The molecule has 28 heavy (non-hydrogen) atoms. The van der Waals surface area contributed by atoms with Crippen LogP contribution in [0.15, 0.2) is 60.1 Å². The van der Waals surface area contributed by atoms with Crippen LogP contribution >= 0.6 is 0 Å². The lowest BCUT2D eigenvalue weighted by Crippen LogP contribution is -2.31. The highest BCUT2D eigenvalue weighted by Gasteiger charge is 2.33. The second-order valence-corrected chi connectivity index (χ2v) is 6.89. The normalized spacial score (nSPS) is 15.8. The molecule has 1 aliphatic heterocycles. The number of amides is 1. The summed E-state index contributed by atoms with van der Waals surface area (Å²) in [6.45, 7) is 5.85. The summed E-state index contributed by atoms with van der Waals surface area (Å²) in [6, 6.07) is 12.1. The Balaban J connectivity index is 1.77. The van der Waals surface area contributed by atoms with Gasteiger partial charge < -0.3 is 15.7 Å². The number of aromatic nitrogens is 3. The molecule has 1 aliphatic rings. The Labute approximate surface area is 162 Å². The Morgan fingerprint density at radius 2 is 1.89 bits per heavy atom. The number of rotatable bonds is 3. The Bertz CT molecular complexity index is 1080. The van der Waals surface area contributed by atoms with Crippen LogP contribution in [0.5, 0.6) is 5.75 Å². The van der Waals surface area contributed by atoms with E-state index in [0.717, 1.165) is 22.4 Å². The van der Waals surface area contributed by atoms with Crippen LogP contribution in [0.25, 0.3) is 0 Å². The number of phenolic OH excluding ortho intramolecular Hbond substituents is 1. The fourth-order valence-electron chi connectivity index (χ4n) is 3.43. The van der Waals surface area contributed by atoms with Crippen molar-refractivity contribution in [2.24, 2.45) is 0 Å². The van der Waals surface area contributed by atoms with Gasteiger partial charge in [0.05, 0.1) is 5.57 Å². The van der Waals surface area contributed by atoms with Crippen molar-refractivity contribution in [1.29, 1.82) is 0 Å². The highest BCUT2D eigenvalue weighted by molar-refractivity contribution is 6.06. The quantitative estimate of drug-likeness (QED) is 0.651. The van der Waals surface area contributed by atoms with Crippen molar-refractivity contribution in [2.75, 3.05) is 10.6 Å². The zero-order valence-electron chi connectivity index (χ0n) is 15.9. The third-order valence-corrected chi connectivity index (χ3v) is 5.10. The number of hydrogen-bond donors (Lipinski definition) is 3. The van der Waals surface area contributed by atoms with Gasteiger partial charge in [-0.1, -0.05) is 24.3 Å². The van der Waals surface area contributed by atoms with Gasteiger partial charge in [0.2, 0.25) is 5.95 Å². The maximum atomic E-state index is 13.3. The lowest BCUT2D eigenvalue weighted by molar-refractivity contribution is -0.113. The monoisotopic (exact) mass is 375 g/mol. The summed E-state index contributed by atoms with van der Waals surface area (Å²) in [4.78, 5) is 17.5. The number of aromatic hydroxyl groups is 1. The summed E-state index contributed by atoms with van der Waals surface area (Å²) in [7, 11) is 0. The maximum Gasteiger partial charge on any atom is 0.255 e. The second-order valence-electron chi connectivity index (χ2n) is 6.89. The van der Waals surface area contributed by atoms with Gasteiger partial charge in [0, 0.05) is 11.4 Å². The number of aryl methyl sites for hydroxylation is 1. The van der Waals surface area contributed by atoms with Crippen molar-refractivity contribution >= 4 is 17.5 Å². The van der Waals surface area contributed by atoms with E-state index in [0.29, 0.717) is 17.2 Å². The van der Waals surface area contributed by atoms with Crippen LogP contribution in [0.1, 0.15) is 29.7 Å². The summed E-state index contributed by atoms with van der Waals surface area (Å²) in [5.74, 6) is 0.523. The molecular weight excluding hydrogens is 354 g/mol. The highest BCUT2D eigenvalue weighted by Crippen LogP contribution is 2.35. The first-order valence-corrected chi connectivity index (χ1v) is 8.99. The molecular formula is C21H21N5O2. The van der Waals surface area contributed by atoms with Crippen molar-refractivity contribution in [3.05, 3.63) is 76.8 Å². The minimum Gasteiger partial charge on any atom is -0.508 e. The zero-order chi connectivity index (χ0) is 19.8. The van der Waals surface area contributed by atoms with Crippen molar-refractivity contribution in [3.8, 4) is 5.75 Å². The third-order valence-electron chi connectivity index (χ3n) is 5.10. The van der Waals surface area contributed by atoms with Gasteiger partial charge in [0.1, 0.15) is 18.1 Å². The van der Waals surface area contributed by atoms with Crippen LogP contribution in [-0.2, 0) is 4.79 Å². The van der Waals surface area contributed by atoms with E-state index < -0.39 is 6.04 Å². The van der Waals surface area contributed by atoms with E-state index in [4.69, 9.17) is 0 Å². The fraction of sp³-hybridized carbons (Fsp3) is 0.190. The molecule has 4 rings (SSSR count). The Morgan fingerprint density at radius 1 is 1.14 bits per heavy atom. The average Bonchev–Trinajstić information content (AvgIpc) is 3.13. The summed E-state index contributed by atoms with van der Waals surface area (Å²) < 4.78 is 1.68. The van der Waals surface area contributed by atoms with E-state index in [1.165, 1.54) is 6.33 Å². The van der Waals surface area contributed by atoms with Crippen LogP contribution in [0.4, 0.5) is 11.6 Å². The smallest absolute Gasteiger partial charge is 0.255 e. The molecule has 142 valence electrons. The van der Waals surface area contributed by atoms with Crippen LogP contribution in [0.2, 0.25) is 0 Å².